The summed E-state index contributed by atoms with van der Waals surface area (Å²) in [6.07, 6.45) is 2.22. The molecule has 7 nitrogen and oxygen atoms in total. The molecule has 23 heavy (non-hydrogen) atoms. The van der Waals surface area contributed by atoms with Gasteiger partial charge in [0, 0.05) is 25.1 Å². The van der Waals surface area contributed by atoms with Crippen LogP contribution in [-0.2, 0) is 14.4 Å². The Morgan fingerprint density at radius 2 is 1.65 bits per heavy atom. The van der Waals surface area contributed by atoms with E-state index in [-0.39, 0.29) is 11.4 Å². The Balaban J connectivity index is 2.23. The highest BCUT2D eigenvalue weighted by atomic mass is 16.5. The molecule has 0 unspecified atom stereocenters. The van der Waals surface area contributed by atoms with Crippen LogP contribution in [0.25, 0.3) is 0 Å². The van der Waals surface area contributed by atoms with Gasteiger partial charge in [0.2, 0.25) is 17.5 Å². The SMILES string of the molecule is COc1ccc(NC2=CC(=O)C(NC(C)=O)=CC2=O)c(OC)c1. The van der Waals surface area contributed by atoms with Crippen molar-refractivity contribution >= 4 is 23.2 Å². The molecule has 120 valence electrons. The fourth-order valence-corrected chi connectivity index (χ4v) is 1.99. The van der Waals surface area contributed by atoms with Gasteiger partial charge in [0.25, 0.3) is 0 Å². The van der Waals surface area contributed by atoms with Crippen LogP contribution < -0.4 is 20.1 Å². The minimum atomic E-state index is -0.463. The van der Waals surface area contributed by atoms with Crippen LogP contribution in [0.2, 0.25) is 0 Å². The van der Waals surface area contributed by atoms with Crippen molar-refractivity contribution in [1.82, 2.24) is 5.32 Å². The van der Waals surface area contributed by atoms with Crippen LogP contribution in [0, 0.1) is 0 Å². The lowest BCUT2D eigenvalue weighted by Crippen LogP contribution is -2.29. The topological polar surface area (TPSA) is 93.7 Å². The number of amides is 1. The van der Waals surface area contributed by atoms with E-state index in [0.29, 0.717) is 17.2 Å². The van der Waals surface area contributed by atoms with Gasteiger partial charge in [-0.1, -0.05) is 0 Å². The predicted octanol–water partition coefficient (Wildman–Crippen LogP) is 1.17. The first kappa shape index (κ1) is 16.3. The molecule has 0 spiro atoms. The van der Waals surface area contributed by atoms with Crippen molar-refractivity contribution < 1.29 is 23.9 Å². The summed E-state index contributed by atoms with van der Waals surface area (Å²) in [4.78, 5) is 35.0. The second-order valence-electron chi connectivity index (χ2n) is 4.72. The number of ether oxygens (including phenoxy) is 2. The summed E-state index contributed by atoms with van der Waals surface area (Å²) in [5.74, 6) is -0.248. The molecule has 0 fully saturated rings. The third-order valence-corrected chi connectivity index (χ3v) is 3.07. The molecule has 0 saturated heterocycles. The zero-order valence-corrected chi connectivity index (χ0v) is 12.9. The summed E-state index contributed by atoms with van der Waals surface area (Å²) in [6.45, 7) is 1.26. The maximum Gasteiger partial charge on any atom is 0.221 e. The highest BCUT2D eigenvalue weighted by Crippen LogP contribution is 2.30. The molecular formula is C16H16N2O5. The summed E-state index contributed by atoms with van der Waals surface area (Å²) in [7, 11) is 3.01. The molecule has 1 aromatic rings. The first-order valence-corrected chi connectivity index (χ1v) is 6.73. The molecule has 2 rings (SSSR count). The van der Waals surface area contributed by atoms with Crippen LogP contribution >= 0.6 is 0 Å². The van der Waals surface area contributed by atoms with Crippen molar-refractivity contribution in [2.75, 3.05) is 19.5 Å². The molecule has 0 radical (unpaired) electrons. The molecule has 0 saturated carbocycles. The number of ketones is 2. The van der Waals surface area contributed by atoms with Crippen LogP contribution in [-0.4, -0.2) is 31.7 Å². The van der Waals surface area contributed by atoms with E-state index >= 15 is 0 Å². The van der Waals surface area contributed by atoms with Crippen molar-refractivity contribution in [1.29, 1.82) is 0 Å². The summed E-state index contributed by atoms with van der Waals surface area (Å²) < 4.78 is 10.3. The number of carbonyl (C=O) groups excluding carboxylic acids is 3. The van der Waals surface area contributed by atoms with Gasteiger partial charge in [0.05, 0.1) is 31.3 Å². The number of rotatable bonds is 5. The quantitative estimate of drug-likeness (QED) is 0.792. The van der Waals surface area contributed by atoms with Gasteiger partial charge in [0.1, 0.15) is 11.5 Å². The van der Waals surface area contributed by atoms with Crippen molar-refractivity contribution in [2.24, 2.45) is 0 Å². The lowest BCUT2D eigenvalue weighted by atomic mass is 10.1. The normalized spacial score (nSPS) is 13.9. The first-order valence-electron chi connectivity index (χ1n) is 6.73. The number of carbonyl (C=O) groups is 3. The van der Waals surface area contributed by atoms with Crippen LogP contribution in [0.4, 0.5) is 5.69 Å². The Morgan fingerprint density at radius 3 is 2.26 bits per heavy atom. The van der Waals surface area contributed by atoms with E-state index in [4.69, 9.17) is 9.47 Å². The van der Waals surface area contributed by atoms with Crippen molar-refractivity contribution in [3.8, 4) is 11.5 Å². The molecule has 0 aliphatic heterocycles. The van der Waals surface area contributed by atoms with Crippen molar-refractivity contribution in [2.45, 2.75) is 6.92 Å². The van der Waals surface area contributed by atoms with Gasteiger partial charge in [-0.3, -0.25) is 14.4 Å². The lowest BCUT2D eigenvalue weighted by Gasteiger charge is -2.16. The largest absolute Gasteiger partial charge is 0.497 e. The molecule has 1 aromatic carbocycles. The van der Waals surface area contributed by atoms with Crippen molar-refractivity contribution in [3.05, 3.63) is 41.7 Å². The third-order valence-electron chi connectivity index (χ3n) is 3.07. The maximum atomic E-state index is 12.1. The molecule has 1 amide bonds. The van der Waals surface area contributed by atoms with Gasteiger partial charge >= 0.3 is 0 Å². The molecule has 1 aliphatic carbocycles. The number of anilines is 1. The molecule has 0 aromatic heterocycles. The fraction of sp³-hybridized carbons (Fsp3) is 0.188. The highest BCUT2D eigenvalue weighted by molar-refractivity contribution is 6.21. The number of hydrogen-bond donors (Lipinski definition) is 2. The lowest BCUT2D eigenvalue weighted by molar-refractivity contribution is -0.120. The van der Waals surface area contributed by atoms with Gasteiger partial charge in [-0.25, -0.2) is 0 Å². The summed E-state index contributed by atoms with van der Waals surface area (Å²) in [6, 6.07) is 5.01. The predicted molar refractivity (Wildman–Crippen MR) is 83.2 cm³/mol. The number of nitrogens with one attached hydrogen (secondary N) is 2. The Bertz CT molecular complexity index is 734. The zero-order chi connectivity index (χ0) is 17.0. The molecule has 2 N–H and O–H groups in total. The molecule has 0 bridgehead atoms. The van der Waals surface area contributed by atoms with Crippen LogP contribution in [0.5, 0.6) is 11.5 Å². The standard InChI is InChI=1S/C16H16N2O5/c1-9(19)17-12-7-15(21)13(8-14(12)20)18-11-5-4-10(22-2)6-16(11)23-3/h4-8,18H,1-3H3,(H,17,19). The van der Waals surface area contributed by atoms with E-state index in [1.165, 1.54) is 21.1 Å². The minimum absolute atomic E-state index is 0.0465. The summed E-state index contributed by atoms with van der Waals surface area (Å²) >= 11 is 0. The second kappa shape index (κ2) is 6.78. The van der Waals surface area contributed by atoms with E-state index in [0.717, 1.165) is 12.2 Å². The number of hydrogen-bond acceptors (Lipinski definition) is 6. The van der Waals surface area contributed by atoms with Crippen LogP contribution in [0.3, 0.4) is 0 Å². The van der Waals surface area contributed by atoms with E-state index in [2.05, 4.69) is 10.6 Å². The minimum Gasteiger partial charge on any atom is -0.497 e. The van der Waals surface area contributed by atoms with Crippen LogP contribution in [0.1, 0.15) is 6.92 Å². The fourth-order valence-electron chi connectivity index (χ4n) is 1.99. The van der Waals surface area contributed by atoms with E-state index in [1.54, 1.807) is 18.2 Å². The average Bonchev–Trinajstić information content (AvgIpc) is 2.52. The van der Waals surface area contributed by atoms with Gasteiger partial charge in [-0.05, 0) is 12.1 Å². The van der Waals surface area contributed by atoms with Gasteiger partial charge in [-0.15, -0.1) is 0 Å². The molecule has 0 heterocycles. The first-order chi connectivity index (χ1) is 10.9. The number of allylic oxidation sites excluding steroid dienone is 2. The Labute approximate surface area is 133 Å². The maximum absolute atomic E-state index is 12.1. The molecule has 0 atom stereocenters. The van der Waals surface area contributed by atoms with Gasteiger partial charge < -0.3 is 20.1 Å². The number of benzene rings is 1. The van der Waals surface area contributed by atoms with Gasteiger partial charge in [0.15, 0.2) is 0 Å². The highest BCUT2D eigenvalue weighted by Gasteiger charge is 2.22. The Hall–Kier alpha value is -3.09. The van der Waals surface area contributed by atoms with E-state index in [1.807, 2.05) is 0 Å². The van der Waals surface area contributed by atoms with Gasteiger partial charge in [-0.2, -0.15) is 0 Å². The number of methoxy groups -OCH3 is 2. The summed E-state index contributed by atoms with van der Waals surface area (Å²) in [5.41, 5.74) is 0.555. The monoisotopic (exact) mass is 316 g/mol. The molecule has 1 aliphatic rings. The Kier molecular flexibility index (Phi) is 4.80. The molecule has 7 heteroatoms. The smallest absolute Gasteiger partial charge is 0.221 e. The third kappa shape index (κ3) is 3.76. The summed E-state index contributed by atoms with van der Waals surface area (Å²) in [5, 5.41) is 5.18. The van der Waals surface area contributed by atoms with Crippen molar-refractivity contribution in [3.63, 3.8) is 0 Å². The molecular weight excluding hydrogens is 300 g/mol. The van der Waals surface area contributed by atoms with E-state index < -0.39 is 17.5 Å². The Morgan fingerprint density at radius 1 is 1.00 bits per heavy atom. The van der Waals surface area contributed by atoms with E-state index in [9.17, 15) is 14.4 Å². The average molecular weight is 316 g/mol. The van der Waals surface area contributed by atoms with Crippen LogP contribution in [0.15, 0.2) is 41.7 Å². The zero-order valence-electron chi connectivity index (χ0n) is 12.9. The second-order valence-corrected chi connectivity index (χ2v) is 4.72.